The molecule has 86 valence electrons. The maximum Gasteiger partial charge on any atom is 0.00767 e. The molecule has 1 atom stereocenters. The summed E-state index contributed by atoms with van der Waals surface area (Å²) in [4.78, 5) is 0. The van der Waals surface area contributed by atoms with Crippen LogP contribution in [-0.4, -0.2) is 25.7 Å². The van der Waals surface area contributed by atoms with Crippen LogP contribution in [0.1, 0.15) is 47.5 Å². The van der Waals surface area contributed by atoms with E-state index in [1.165, 1.54) is 12.8 Å². The van der Waals surface area contributed by atoms with Crippen molar-refractivity contribution >= 4 is 0 Å². The van der Waals surface area contributed by atoms with Crippen LogP contribution in [0.5, 0.6) is 0 Å². The Morgan fingerprint density at radius 1 is 1.14 bits per heavy atom. The molecule has 0 bridgehead atoms. The van der Waals surface area contributed by atoms with E-state index in [1.54, 1.807) is 0 Å². The molecule has 0 heterocycles. The standard InChI is InChI=1S/C12H28N2/c1-6-11(8-9-13-7-2)14-10-12(3,4)5/h11,13-14H,6-10H2,1-5H3. The van der Waals surface area contributed by atoms with Gasteiger partial charge in [-0.2, -0.15) is 0 Å². The van der Waals surface area contributed by atoms with Gasteiger partial charge in [0.2, 0.25) is 0 Å². The maximum atomic E-state index is 3.63. The van der Waals surface area contributed by atoms with Crippen molar-refractivity contribution in [1.82, 2.24) is 10.6 Å². The normalized spacial score (nSPS) is 14.4. The summed E-state index contributed by atoms with van der Waals surface area (Å²) < 4.78 is 0. The zero-order valence-corrected chi connectivity index (χ0v) is 10.6. The van der Waals surface area contributed by atoms with Gasteiger partial charge in [0.25, 0.3) is 0 Å². The van der Waals surface area contributed by atoms with Crippen LogP contribution in [-0.2, 0) is 0 Å². The van der Waals surface area contributed by atoms with Gasteiger partial charge in [-0.25, -0.2) is 0 Å². The molecule has 0 aliphatic rings. The fraction of sp³-hybridized carbons (Fsp3) is 1.00. The van der Waals surface area contributed by atoms with E-state index in [4.69, 9.17) is 0 Å². The molecule has 0 rings (SSSR count). The van der Waals surface area contributed by atoms with E-state index < -0.39 is 0 Å². The van der Waals surface area contributed by atoms with E-state index in [9.17, 15) is 0 Å². The van der Waals surface area contributed by atoms with Gasteiger partial charge in [-0.3, -0.25) is 0 Å². The lowest BCUT2D eigenvalue weighted by Crippen LogP contribution is -2.37. The Labute approximate surface area is 89.9 Å². The number of nitrogens with one attached hydrogen (secondary N) is 2. The Kier molecular flexibility index (Phi) is 7.20. The first-order valence-corrected chi connectivity index (χ1v) is 5.93. The Morgan fingerprint density at radius 2 is 1.79 bits per heavy atom. The van der Waals surface area contributed by atoms with Gasteiger partial charge in [0.05, 0.1) is 0 Å². The Bertz CT molecular complexity index is 127. The zero-order chi connectivity index (χ0) is 11.0. The summed E-state index contributed by atoms with van der Waals surface area (Å²) in [6, 6.07) is 0.674. The lowest BCUT2D eigenvalue weighted by Gasteiger charge is -2.24. The van der Waals surface area contributed by atoms with Crippen molar-refractivity contribution in [3.63, 3.8) is 0 Å². The summed E-state index contributed by atoms with van der Waals surface area (Å²) >= 11 is 0. The second-order valence-corrected chi connectivity index (χ2v) is 5.19. The fourth-order valence-corrected chi connectivity index (χ4v) is 1.35. The highest BCUT2D eigenvalue weighted by Crippen LogP contribution is 2.11. The molecule has 2 heteroatoms. The third-order valence-corrected chi connectivity index (χ3v) is 2.33. The van der Waals surface area contributed by atoms with Crippen molar-refractivity contribution in [3.8, 4) is 0 Å². The van der Waals surface area contributed by atoms with Gasteiger partial charge in [0.1, 0.15) is 0 Å². The third-order valence-electron chi connectivity index (χ3n) is 2.33. The fourth-order valence-electron chi connectivity index (χ4n) is 1.35. The zero-order valence-electron chi connectivity index (χ0n) is 10.6. The van der Waals surface area contributed by atoms with Crippen LogP contribution < -0.4 is 10.6 Å². The maximum absolute atomic E-state index is 3.63. The Morgan fingerprint density at radius 3 is 2.21 bits per heavy atom. The van der Waals surface area contributed by atoms with Crippen LogP contribution in [0.15, 0.2) is 0 Å². The highest BCUT2D eigenvalue weighted by molar-refractivity contribution is 4.71. The van der Waals surface area contributed by atoms with Crippen LogP contribution in [0, 0.1) is 5.41 Å². The predicted octanol–water partition coefficient (Wildman–Crippen LogP) is 2.40. The summed E-state index contributed by atoms with van der Waals surface area (Å²) in [5.74, 6) is 0. The molecule has 0 aromatic heterocycles. The summed E-state index contributed by atoms with van der Waals surface area (Å²) in [6.45, 7) is 14.6. The van der Waals surface area contributed by atoms with Gasteiger partial charge in [-0.15, -0.1) is 0 Å². The molecule has 0 amide bonds. The number of hydrogen-bond donors (Lipinski definition) is 2. The molecular formula is C12H28N2. The van der Waals surface area contributed by atoms with Crippen LogP contribution in [0.25, 0.3) is 0 Å². The molecule has 2 nitrogen and oxygen atoms in total. The van der Waals surface area contributed by atoms with Crippen molar-refractivity contribution in [3.05, 3.63) is 0 Å². The quantitative estimate of drug-likeness (QED) is 0.617. The van der Waals surface area contributed by atoms with Gasteiger partial charge < -0.3 is 10.6 Å². The van der Waals surface area contributed by atoms with E-state index >= 15 is 0 Å². The lowest BCUT2D eigenvalue weighted by molar-refractivity contribution is 0.337. The smallest absolute Gasteiger partial charge is 0.00767 e. The summed E-state index contributed by atoms with van der Waals surface area (Å²) in [5.41, 5.74) is 0.394. The van der Waals surface area contributed by atoms with E-state index in [0.29, 0.717) is 11.5 Å². The SMILES string of the molecule is CCNCCC(CC)NCC(C)(C)C. The van der Waals surface area contributed by atoms with Crippen molar-refractivity contribution < 1.29 is 0 Å². The molecule has 0 aromatic rings. The highest BCUT2D eigenvalue weighted by atomic mass is 14.9. The van der Waals surface area contributed by atoms with E-state index in [2.05, 4.69) is 45.3 Å². The van der Waals surface area contributed by atoms with Gasteiger partial charge in [-0.05, 0) is 31.3 Å². The minimum Gasteiger partial charge on any atom is -0.317 e. The van der Waals surface area contributed by atoms with Crippen molar-refractivity contribution in [1.29, 1.82) is 0 Å². The average Bonchev–Trinajstić information content (AvgIpc) is 2.09. The summed E-state index contributed by atoms with van der Waals surface area (Å²) in [7, 11) is 0. The Balaban J connectivity index is 3.58. The first-order valence-electron chi connectivity index (χ1n) is 5.93. The molecule has 0 aromatic carbocycles. The van der Waals surface area contributed by atoms with Crippen LogP contribution in [0.3, 0.4) is 0 Å². The highest BCUT2D eigenvalue weighted by Gasteiger charge is 2.12. The van der Waals surface area contributed by atoms with Crippen molar-refractivity contribution in [2.45, 2.75) is 53.5 Å². The van der Waals surface area contributed by atoms with Gasteiger partial charge in [-0.1, -0.05) is 34.6 Å². The lowest BCUT2D eigenvalue weighted by atomic mass is 9.96. The van der Waals surface area contributed by atoms with Crippen molar-refractivity contribution in [2.75, 3.05) is 19.6 Å². The van der Waals surface area contributed by atoms with E-state index in [-0.39, 0.29) is 0 Å². The van der Waals surface area contributed by atoms with Crippen LogP contribution in [0.2, 0.25) is 0 Å². The monoisotopic (exact) mass is 200 g/mol. The van der Waals surface area contributed by atoms with E-state index in [1.807, 2.05) is 0 Å². The van der Waals surface area contributed by atoms with E-state index in [0.717, 1.165) is 19.6 Å². The third kappa shape index (κ3) is 8.52. The number of rotatable bonds is 7. The average molecular weight is 200 g/mol. The molecule has 0 saturated heterocycles. The molecule has 0 radical (unpaired) electrons. The molecule has 2 N–H and O–H groups in total. The Hall–Kier alpha value is -0.0800. The van der Waals surface area contributed by atoms with Crippen molar-refractivity contribution in [2.24, 2.45) is 5.41 Å². The largest absolute Gasteiger partial charge is 0.317 e. The van der Waals surface area contributed by atoms with Crippen LogP contribution in [0.4, 0.5) is 0 Å². The predicted molar refractivity (Wildman–Crippen MR) is 64.7 cm³/mol. The minimum absolute atomic E-state index is 0.394. The molecule has 1 unspecified atom stereocenters. The molecule has 0 aliphatic carbocycles. The van der Waals surface area contributed by atoms with Gasteiger partial charge in [0.15, 0.2) is 0 Å². The summed E-state index contributed by atoms with van der Waals surface area (Å²) in [6.07, 6.45) is 2.46. The first-order chi connectivity index (χ1) is 6.49. The second-order valence-electron chi connectivity index (χ2n) is 5.19. The minimum atomic E-state index is 0.394. The molecule has 0 fully saturated rings. The molecule has 14 heavy (non-hydrogen) atoms. The molecule has 0 spiro atoms. The molecule has 0 aliphatic heterocycles. The van der Waals surface area contributed by atoms with Crippen LogP contribution >= 0.6 is 0 Å². The molecule has 0 saturated carbocycles. The van der Waals surface area contributed by atoms with Gasteiger partial charge in [0, 0.05) is 12.6 Å². The topological polar surface area (TPSA) is 24.1 Å². The molecular weight excluding hydrogens is 172 g/mol. The number of hydrogen-bond acceptors (Lipinski definition) is 2. The second kappa shape index (κ2) is 7.24. The first kappa shape index (κ1) is 13.9. The van der Waals surface area contributed by atoms with Gasteiger partial charge >= 0.3 is 0 Å². The summed E-state index contributed by atoms with van der Waals surface area (Å²) in [5, 5.41) is 7.00.